The molecule has 0 aliphatic rings. The summed E-state index contributed by atoms with van der Waals surface area (Å²) in [4.78, 5) is 23.8. The number of hydrogen-bond acceptors (Lipinski definition) is 7. The minimum atomic E-state index is -0.992. The van der Waals surface area contributed by atoms with E-state index in [2.05, 4.69) is 0 Å². The minimum Gasteiger partial charge on any atom is -0.504 e. The Labute approximate surface area is 167 Å². The van der Waals surface area contributed by atoms with Crippen molar-refractivity contribution >= 4 is 24.3 Å². The summed E-state index contributed by atoms with van der Waals surface area (Å²) in [5.41, 5.74) is 6.49. The molecule has 28 heavy (non-hydrogen) atoms. The number of rotatable bonds is 7. The lowest BCUT2D eigenvalue weighted by molar-refractivity contribution is -0.148. The van der Waals surface area contributed by atoms with Crippen LogP contribution in [0.1, 0.15) is 22.8 Å². The molecule has 0 amide bonds. The zero-order valence-corrected chi connectivity index (χ0v) is 15.8. The van der Waals surface area contributed by atoms with Crippen LogP contribution >= 0.6 is 12.4 Å². The molecule has 0 aliphatic carbocycles. The summed E-state index contributed by atoms with van der Waals surface area (Å²) in [6.07, 6.45) is -0.632. The van der Waals surface area contributed by atoms with E-state index in [-0.39, 0.29) is 42.5 Å². The predicted molar refractivity (Wildman–Crippen MR) is 101 cm³/mol. The van der Waals surface area contributed by atoms with Crippen molar-refractivity contribution in [3.63, 3.8) is 0 Å². The van der Waals surface area contributed by atoms with E-state index in [0.717, 1.165) is 12.1 Å². The molecule has 0 spiro atoms. The number of phenols is 2. The summed E-state index contributed by atoms with van der Waals surface area (Å²) < 4.78 is 23.0. The number of aromatic hydroxyl groups is 2. The van der Waals surface area contributed by atoms with Gasteiger partial charge in [0.05, 0.1) is 5.56 Å². The number of carbonyl (C=O) groups is 2. The van der Waals surface area contributed by atoms with Crippen LogP contribution in [0.25, 0.3) is 0 Å². The average molecular weight is 414 g/mol. The molecule has 0 heterocycles. The first-order valence-corrected chi connectivity index (χ1v) is 8.16. The SMILES string of the molecule is C[C@@H](COC(=O)[C@@H](N)Cc1ccc(O)c(O)c1)OC(=O)c1ccc(F)cc1.Cl. The Bertz CT molecular complexity index is 815. The van der Waals surface area contributed by atoms with Gasteiger partial charge in [0.2, 0.25) is 0 Å². The largest absolute Gasteiger partial charge is 0.504 e. The summed E-state index contributed by atoms with van der Waals surface area (Å²) in [5.74, 6) is -2.42. The van der Waals surface area contributed by atoms with Crippen LogP contribution in [0.2, 0.25) is 0 Å². The lowest BCUT2D eigenvalue weighted by atomic mass is 10.1. The van der Waals surface area contributed by atoms with E-state index < -0.39 is 29.9 Å². The number of hydrogen-bond donors (Lipinski definition) is 3. The maximum Gasteiger partial charge on any atom is 0.338 e. The number of nitrogens with two attached hydrogens (primary N) is 1. The molecule has 2 aromatic carbocycles. The van der Waals surface area contributed by atoms with Crippen molar-refractivity contribution in [1.82, 2.24) is 0 Å². The third kappa shape index (κ3) is 6.71. The first-order valence-electron chi connectivity index (χ1n) is 8.16. The molecule has 0 bridgehead atoms. The fourth-order valence-corrected chi connectivity index (χ4v) is 2.21. The first kappa shape index (κ1) is 23.2. The third-order valence-corrected chi connectivity index (χ3v) is 3.65. The normalized spacial score (nSPS) is 12.4. The van der Waals surface area contributed by atoms with Crippen LogP contribution in [0.3, 0.4) is 0 Å². The number of phenolic OH excluding ortho intramolecular Hbond substituents is 2. The number of esters is 2. The van der Waals surface area contributed by atoms with Crippen molar-refractivity contribution in [3.05, 3.63) is 59.4 Å². The van der Waals surface area contributed by atoms with E-state index in [1.54, 1.807) is 0 Å². The van der Waals surface area contributed by atoms with Gasteiger partial charge in [-0.15, -0.1) is 12.4 Å². The highest BCUT2D eigenvalue weighted by Gasteiger charge is 2.19. The van der Waals surface area contributed by atoms with E-state index in [1.165, 1.54) is 37.3 Å². The minimum absolute atomic E-state index is 0. The zero-order chi connectivity index (χ0) is 20.0. The second-order valence-corrected chi connectivity index (χ2v) is 5.99. The van der Waals surface area contributed by atoms with Gasteiger partial charge in [-0.25, -0.2) is 9.18 Å². The monoisotopic (exact) mass is 413 g/mol. The Morgan fingerprint density at radius 1 is 1.11 bits per heavy atom. The molecule has 4 N–H and O–H groups in total. The lowest BCUT2D eigenvalue weighted by Gasteiger charge is -2.16. The van der Waals surface area contributed by atoms with E-state index >= 15 is 0 Å². The van der Waals surface area contributed by atoms with Gasteiger partial charge in [-0.05, 0) is 55.3 Å². The number of carbonyl (C=O) groups excluding carboxylic acids is 2. The number of benzene rings is 2. The van der Waals surface area contributed by atoms with Crippen molar-refractivity contribution in [2.75, 3.05) is 6.61 Å². The molecule has 0 radical (unpaired) electrons. The van der Waals surface area contributed by atoms with Gasteiger partial charge in [-0.2, -0.15) is 0 Å². The standard InChI is InChI=1S/C19H20FNO6.ClH/c1-11(27-18(24)13-3-5-14(20)6-4-13)10-26-19(25)15(21)8-12-2-7-16(22)17(23)9-12;/h2-7,9,11,15,22-23H,8,10,21H2,1H3;1H/t11-,15-;/m0./s1. The first-order chi connectivity index (χ1) is 12.8. The van der Waals surface area contributed by atoms with Gasteiger partial charge >= 0.3 is 11.9 Å². The van der Waals surface area contributed by atoms with Crippen LogP contribution in [-0.4, -0.2) is 40.9 Å². The Morgan fingerprint density at radius 3 is 2.36 bits per heavy atom. The summed E-state index contributed by atoms with van der Waals surface area (Å²) in [6, 6.07) is 7.99. The Hall–Kier alpha value is -2.84. The summed E-state index contributed by atoms with van der Waals surface area (Å²) >= 11 is 0. The molecular weight excluding hydrogens is 393 g/mol. The van der Waals surface area contributed by atoms with Gasteiger partial charge in [-0.3, -0.25) is 4.79 Å². The Kier molecular flexibility index (Phi) is 8.69. The highest BCUT2D eigenvalue weighted by molar-refractivity contribution is 5.89. The number of halogens is 2. The third-order valence-electron chi connectivity index (χ3n) is 3.65. The van der Waals surface area contributed by atoms with E-state index in [0.29, 0.717) is 5.56 Å². The molecular formula is C19H21ClFNO6. The van der Waals surface area contributed by atoms with Gasteiger partial charge < -0.3 is 25.4 Å². The highest BCUT2D eigenvalue weighted by atomic mass is 35.5. The topological polar surface area (TPSA) is 119 Å². The summed E-state index contributed by atoms with van der Waals surface area (Å²) in [5, 5.41) is 18.7. The molecule has 0 saturated heterocycles. The molecule has 2 aromatic rings. The van der Waals surface area contributed by atoms with Gasteiger partial charge in [0.1, 0.15) is 24.6 Å². The fraction of sp³-hybridized carbons (Fsp3) is 0.263. The van der Waals surface area contributed by atoms with Crippen LogP contribution in [0.4, 0.5) is 4.39 Å². The summed E-state index contributed by atoms with van der Waals surface area (Å²) in [6.45, 7) is 1.35. The van der Waals surface area contributed by atoms with Crippen molar-refractivity contribution in [3.8, 4) is 11.5 Å². The predicted octanol–water partition coefficient (Wildman–Crippen LogP) is 2.32. The van der Waals surface area contributed by atoms with Crippen molar-refractivity contribution in [1.29, 1.82) is 0 Å². The molecule has 9 heteroatoms. The zero-order valence-electron chi connectivity index (χ0n) is 15.0. The molecule has 0 fully saturated rings. The van der Waals surface area contributed by atoms with Crippen molar-refractivity contribution in [2.24, 2.45) is 5.73 Å². The lowest BCUT2D eigenvalue weighted by Crippen LogP contribution is -2.36. The van der Waals surface area contributed by atoms with Crippen LogP contribution in [0.5, 0.6) is 11.5 Å². The van der Waals surface area contributed by atoms with Gasteiger partial charge in [0, 0.05) is 0 Å². The molecule has 152 valence electrons. The number of ether oxygens (including phenoxy) is 2. The second-order valence-electron chi connectivity index (χ2n) is 5.99. The molecule has 7 nitrogen and oxygen atoms in total. The highest BCUT2D eigenvalue weighted by Crippen LogP contribution is 2.25. The molecule has 0 aliphatic heterocycles. The maximum absolute atomic E-state index is 12.8. The van der Waals surface area contributed by atoms with Crippen LogP contribution in [-0.2, 0) is 20.7 Å². The van der Waals surface area contributed by atoms with Crippen molar-refractivity contribution in [2.45, 2.75) is 25.5 Å². The molecule has 0 aromatic heterocycles. The van der Waals surface area contributed by atoms with Gasteiger partial charge in [0.15, 0.2) is 11.5 Å². The van der Waals surface area contributed by atoms with Gasteiger partial charge in [0.25, 0.3) is 0 Å². The van der Waals surface area contributed by atoms with E-state index in [1.807, 2.05) is 0 Å². The van der Waals surface area contributed by atoms with Crippen molar-refractivity contribution < 1.29 is 33.7 Å². The molecule has 2 rings (SSSR count). The van der Waals surface area contributed by atoms with E-state index in [9.17, 15) is 24.2 Å². The maximum atomic E-state index is 12.8. The fourth-order valence-electron chi connectivity index (χ4n) is 2.21. The van der Waals surface area contributed by atoms with Gasteiger partial charge in [-0.1, -0.05) is 6.07 Å². The molecule has 0 saturated carbocycles. The molecule has 0 unspecified atom stereocenters. The molecule has 2 atom stereocenters. The Balaban J connectivity index is 0.00000392. The smallest absolute Gasteiger partial charge is 0.338 e. The summed E-state index contributed by atoms with van der Waals surface area (Å²) in [7, 11) is 0. The van der Waals surface area contributed by atoms with Crippen LogP contribution < -0.4 is 5.73 Å². The van der Waals surface area contributed by atoms with E-state index in [4.69, 9.17) is 15.2 Å². The quantitative estimate of drug-likeness (QED) is 0.470. The average Bonchev–Trinajstić information content (AvgIpc) is 2.63. The van der Waals surface area contributed by atoms with Crippen LogP contribution in [0, 0.1) is 5.82 Å². The van der Waals surface area contributed by atoms with Crippen LogP contribution in [0.15, 0.2) is 42.5 Å². The second kappa shape index (κ2) is 10.5. The Morgan fingerprint density at radius 2 is 1.75 bits per heavy atom.